The molecular formula is C26H24N2O3. The molecule has 0 saturated carbocycles. The predicted octanol–water partition coefficient (Wildman–Crippen LogP) is 4.62. The van der Waals surface area contributed by atoms with E-state index in [1.165, 1.54) is 0 Å². The van der Waals surface area contributed by atoms with E-state index >= 15 is 0 Å². The zero-order chi connectivity index (χ0) is 21.5. The molecule has 1 fully saturated rings. The van der Waals surface area contributed by atoms with E-state index in [2.05, 4.69) is 5.32 Å². The molecule has 1 aliphatic rings. The number of carbonyl (C=O) groups excluding carboxylic acids is 1. The van der Waals surface area contributed by atoms with Crippen LogP contribution in [0.5, 0.6) is 5.75 Å². The van der Waals surface area contributed by atoms with Gasteiger partial charge in [-0.1, -0.05) is 60.7 Å². The minimum atomic E-state index is -0.403. The molecule has 1 unspecified atom stereocenters. The van der Waals surface area contributed by atoms with Crippen molar-refractivity contribution in [3.63, 3.8) is 0 Å². The van der Waals surface area contributed by atoms with E-state index in [-0.39, 0.29) is 11.7 Å². The SMILES string of the molecule is N#CC(=Cc1c(OCc2ccccc2)ccc2ccccc12)C(=O)NCC1CCCO1. The van der Waals surface area contributed by atoms with Crippen molar-refractivity contribution < 1.29 is 14.3 Å². The molecule has 5 nitrogen and oxygen atoms in total. The maximum absolute atomic E-state index is 12.7. The molecular weight excluding hydrogens is 388 g/mol. The van der Waals surface area contributed by atoms with Gasteiger partial charge in [0, 0.05) is 18.7 Å². The minimum Gasteiger partial charge on any atom is -0.488 e. The molecule has 1 heterocycles. The molecule has 1 atom stereocenters. The first-order valence-electron chi connectivity index (χ1n) is 10.4. The molecule has 1 N–H and O–H groups in total. The predicted molar refractivity (Wildman–Crippen MR) is 120 cm³/mol. The molecule has 3 aromatic rings. The molecule has 4 rings (SSSR count). The number of carbonyl (C=O) groups is 1. The third-order valence-corrected chi connectivity index (χ3v) is 5.34. The highest BCUT2D eigenvalue weighted by Crippen LogP contribution is 2.31. The van der Waals surface area contributed by atoms with E-state index in [4.69, 9.17) is 9.47 Å². The van der Waals surface area contributed by atoms with Crippen molar-refractivity contribution in [1.82, 2.24) is 5.32 Å². The van der Waals surface area contributed by atoms with E-state index < -0.39 is 5.91 Å². The molecule has 31 heavy (non-hydrogen) atoms. The lowest BCUT2D eigenvalue weighted by molar-refractivity contribution is -0.117. The molecule has 0 radical (unpaired) electrons. The van der Waals surface area contributed by atoms with Gasteiger partial charge in [0.15, 0.2) is 0 Å². The Kier molecular flexibility index (Phi) is 6.61. The number of fused-ring (bicyclic) bond motifs is 1. The molecule has 1 aliphatic heterocycles. The van der Waals surface area contributed by atoms with Gasteiger partial charge in [0.2, 0.25) is 0 Å². The highest BCUT2D eigenvalue weighted by atomic mass is 16.5. The number of nitrogens with zero attached hydrogens (tertiary/aromatic N) is 1. The van der Waals surface area contributed by atoms with E-state index in [1.807, 2.05) is 72.8 Å². The van der Waals surface area contributed by atoms with Gasteiger partial charge in [-0.25, -0.2) is 0 Å². The van der Waals surface area contributed by atoms with Crippen molar-refractivity contribution in [3.05, 3.63) is 83.4 Å². The van der Waals surface area contributed by atoms with Crippen LogP contribution in [0, 0.1) is 11.3 Å². The van der Waals surface area contributed by atoms with Gasteiger partial charge in [-0.15, -0.1) is 0 Å². The molecule has 1 amide bonds. The summed E-state index contributed by atoms with van der Waals surface area (Å²) in [7, 11) is 0. The number of amides is 1. The van der Waals surface area contributed by atoms with Gasteiger partial charge in [0.25, 0.3) is 5.91 Å². The number of nitrogens with one attached hydrogen (secondary N) is 1. The van der Waals surface area contributed by atoms with Crippen molar-refractivity contribution >= 4 is 22.8 Å². The third kappa shape index (κ3) is 5.11. The highest BCUT2D eigenvalue weighted by Gasteiger charge is 2.18. The Morgan fingerprint density at radius 3 is 2.71 bits per heavy atom. The maximum Gasteiger partial charge on any atom is 0.262 e. The fourth-order valence-corrected chi connectivity index (χ4v) is 3.69. The van der Waals surface area contributed by atoms with E-state index in [9.17, 15) is 10.1 Å². The fraction of sp³-hybridized carbons (Fsp3) is 0.231. The average Bonchev–Trinajstić information content (AvgIpc) is 3.34. The molecule has 5 heteroatoms. The summed E-state index contributed by atoms with van der Waals surface area (Å²) in [6.07, 6.45) is 3.56. The Morgan fingerprint density at radius 1 is 1.13 bits per heavy atom. The Labute approximate surface area is 181 Å². The zero-order valence-electron chi connectivity index (χ0n) is 17.2. The van der Waals surface area contributed by atoms with Gasteiger partial charge >= 0.3 is 0 Å². The van der Waals surface area contributed by atoms with Gasteiger partial charge in [-0.2, -0.15) is 5.26 Å². The van der Waals surface area contributed by atoms with Crippen molar-refractivity contribution in [2.75, 3.05) is 13.2 Å². The molecule has 0 spiro atoms. The second-order valence-electron chi connectivity index (χ2n) is 7.49. The van der Waals surface area contributed by atoms with Gasteiger partial charge in [-0.05, 0) is 41.3 Å². The van der Waals surface area contributed by atoms with Crippen LogP contribution in [-0.4, -0.2) is 25.2 Å². The largest absolute Gasteiger partial charge is 0.488 e. The van der Waals surface area contributed by atoms with Crippen molar-refractivity contribution in [3.8, 4) is 11.8 Å². The Balaban J connectivity index is 1.62. The Morgan fingerprint density at radius 2 is 1.94 bits per heavy atom. The maximum atomic E-state index is 12.7. The average molecular weight is 412 g/mol. The number of ether oxygens (including phenoxy) is 2. The van der Waals surface area contributed by atoms with Crippen LogP contribution in [0.1, 0.15) is 24.0 Å². The first-order valence-corrected chi connectivity index (χ1v) is 10.4. The van der Waals surface area contributed by atoms with Crippen molar-refractivity contribution in [1.29, 1.82) is 5.26 Å². The van der Waals surface area contributed by atoms with Crippen LogP contribution < -0.4 is 10.1 Å². The van der Waals surface area contributed by atoms with Crippen LogP contribution in [0.4, 0.5) is 0 Å². The first-order chi connectivity index (χ1) is 15.2. The normalized spacial score (nSPS) is 16.1. The summed E-state index contributed by atoms with van der Waals surface area (Å²) in [6, 6.07) is 23.7. The van der Waals surface area contributed by atoms with Gasteiger partial charge in [-0.3, -0.25) is 4.79 Å². The van der Waals surface area contributed by atoms with Crippen LogP contribution in [-0.2, 0) is 16.1 Å². The molecule has 156 valence electrons. The minimum absolute atomic E-state index is 0.0196. The van der Waals surface area contributed by atoms with Gasteiger partial charge in [0.1, 0.15) is 24.0 Å². The smallest absolute Gasteiger partial charge is 0.262 e. The van der Waals surface area contributed by atoms with Gasteiger partial charge < -0.3 is 14.8 Å². The van der Waals surface area contributed by atoms with Crippen LogP contribution >= 0.6 is 0 Å². The summed E-state index contributed by atoms with van der Waals surface area (Å²) in [4.78, 5) is 12.7. The van der Waals surface area contributed by atoms with Crippen molar-refractivity contribution in [2.24, 2.45) is 0 Å². The van der Waals surface area contributed by atoms with Crippen LogP contribution in [0.15, 0.2) is 72.3 Å². The Bertz CT molecular complexity index is 1130. The summed E-state index contributed by atoms with van der Waals surface area (Å²) >= 11 is 0. The number of hydrogen-bond donors (Lipinski definition) is 1. The topological polar surface area (TPSA) is 71.3 Å². The van der Waals surface area contributed by atoms with Crippen LogP contribution in [0.25, 0.3) is 16.8 Å². The molecule has 0 bridgehead atoms. The molecule has 0 aromatic heterocycles. The number of benzene rings is 3. The monoisotopic (exact) mass is 412 g/mol. The second-order valence-corrected chi connectivity index (χ2v) is 7.49. The summed E-state index contributed by atoms with van der Waals surface area (Å²) in [5.74, 6) is 0.224. The summed E-state index contributed by atoms with van der Waals surface area (Å²) in [5.41, 5.74) is 1.80. The fourth-order valence-electron chi connectivity index (χ4n) is 3.69. The van der Waals surface area contributed by atoms with Crippen LogP contribution in [0.3, 0.4) is 0 Å². The molecule has 0 aliphatic carbocycles. The third-order valence-electron chi connectivity index (χ3n) is 5.34. The van der Waals surface area contributed by atoms with E-state index in [0.717, 1.165) is 41.3 Å². The number of rotatable bonds is 7. The van der Waals surface area contributed by atoms with E-state index in [1.54, 1.807) is 6.08 Å². The number of hydrogen-bond acceptors (Lipinski definition) is 4. The summed E-state index contributed by atoms with van der Waals surface area (Å²) < 4.78 is 11.6. The number of nitriles is 1. The van der Waals surface area contributed by atoms with Crippen LogP contribution in [0.2, 0.25) is 0 Å². The quantitative estimate of drug-likeness (QED) is 0.454. The van der Waals surface area contributed by atoms with Crippen molar-refractivity contribution in [2.45, 2.75) is 25.6 Å². The molecule has 3 aromatic carbocycles. The lowest BCUT2D eigenvalue weighted by Crippen LogP contribution is -2.32. The van der Waals surface area contributed by atoms with E-state index in [0.29, 0.717) is 18.9 Å². The summed E-state index contributed by atoms with van der Waals surface area (Å²) in [5, 5.41) is 14.4. The Hall–Kier alpha value is -3.62. The zero-order valence-corrected chi connectivity index (χ0v) is 17.2. The standard InChI is InChI=1S/C26H24N2O3/c27-16-21(26(29)28-17-22-10-6-14-30-22)15-24-23-11-5-4-9-20(23)12-13-25(24)31-18-19-7-2-1-3-8-19/h1-5,7-9,11-13,15,22H,6,10,14,17-18H2,(H,28,29). The molecule has 1 saturated heterocycles. The first kappa shape index (κ1) is 20.6. The second kappa shape index (κ2) is 9.92. The lowest BCUT2D eigenvalue weighted by Gasteiger charge is -2.13. The summed E-state index contributed by atoms with van der Waals surface area (Å²) in [6.45, 7) is 1.53. The van der Waals surface area contributed by atoms with Gasteiger partial charge in [0.05, 0.1) is 6.10 Å². The highest BCUT2D eigenvalue weighted by molar-refractivity contribution is 6.05. The lowest BCUT2D eigenvalue weighted by atomic mass is 10.0.